The smallest absolute Gasteiger partial charge is 0.129 e. The summed E-state index contributed by atoms with van der Waals surface area (Å²) in [7, 11) is 0. The van der Waals surface area contributed by atoms with E-state index in [2.05, 4.69) is 16.8 Å². The summed E-state index contributed by atoms with van der Waals surface area (Å²) in [5.41, 5.74) is 0.902. The van der Waals surface area contributed by atoms with Crippen molar-refractivity contribution < 1.29 is 0 Å². The van der Waals surface area contributed by atoms with Crippen molar-refractivity contribution in [2.75, 3.05) is 13.1 Å². The highest BCUT2D eigenvalue weighted by Crippen LogP contribution is 2.23. The van der Waals surface area contributed by atoms with Gasteiger partial charge in [0.1, 0.15) is 5.15 Å². The zero-order valence-corrected chi connectivity index (χ0v) is 12.3. The molecule has 1 atom stereocenters. The molecule has 0 bridgehead atoms. The van der Waals surface area contributed by atoms with E-state index in [0.717, 1.165) is 36.3 Å². The number of likely N-dealkylation sites (tertiary alicyclic amines) is 1. The number of hydrogen-bond donors (Lipinski definition) is 0. The van der Waals surface area contributed by atoms with Crippen molar-refractivity contribution in [2.45, 2.75) is 39.2 Å². The molecule has 1 aromatic rings. The Kier molecular flexibility index (Phi) is 5.28. The zero-order chi connectivity index (χ0) is 13.0. The van der Waals surface area contributed by atoms with Gasteiger partial charge in [-0.2, -0.15) is 0 Å². The van der Waals surface area contributed by atoms with Crippen molar-refractivity contribution in [1.29, 1.82) is 0 Å². The lowest BCUT2D eigenvalue weighted by Gasteiger charge is -2.20. The van der Waals surface area contributed by atoms with Crippen molar-refractivity contribution in [3.8, 4) is 0 Å². The minimum Gasteiger partial charge on any atom is -0.297 e. The summed E-state index contributed by atoms with van der Waals surface area (Å²) in [6.45, 7) is 5.38. The van der Waals surface area contributed by atoms with E-state index < -0.39 is 0 Å². The number of nitrogens with zero attached hydrogens (tertiary/aromatic N) is 2. The van der Waals surface area contributed by atoms with Crippen LogP contribution in [0.2, 0.25) is 10.2 Å². The molecule has 0 radical (unpaired) electrons. The Hall–Kier alpha value is -0.310. The van der Waals surface area contributed by atoms with Gasteiger partial charge in [0.05, 0.1) is 10.7 Å². The highest BCUT2D eigenvalue weighted by atomic mass is 35.5. The van der Waals surface area contributed by atoms with Gasteiger partial charge in [-0.15, -0.1) is 0 Å². The molecule has 18 heavy (non-hydrogen) atoms. The Morgan fingerprint density at radius 1 is 1.28 bits per heavy atom. The average Bonchev–Trinajstić information content (AvgIpc) is 2.59. The van der Waals surface area contributed by atoms with Gasteiger partial charge in [-0.25, -0.2) is 4.98 Å². The summed E-state index contributed by atoms with van der Waals surface area (Å²) in [5.74, 6) is 0.887. The molecule has 0 spiro atoms. The van der Waals surface area contributed by atoms with Crippen LogP contribution in [0.5, 0.6) is 0 Å². The molecule has 2 nitrogen and oxygen atoms in total. The van der Waals surface area contributed by atoms with Crippen molar-refractivity contribution in [3.63, 3.8) is 0 Å². The molecule has 0 aromatic carbocycles. The van der Waals surface area contributed by atoms with Crippen LogP contribution in [0, 0.1) is 5.92 Å². The van der Waals surface area contributed by atoms with Gasteiger partial charge in [0.2, 0.25) is 0 Å². The SMILES string of the molecule is CCC1CCCN(Cc2nc(Cl)ccc2Cl)CC1. The molecule has 1 unspecified atom stereocenters. The van der Waals surface area contributed by atoms with E-state index in [1.54, 1.807) is 6.07 Å². The van der Waals surface area contributed by atoms with Gasteiger partial charge >= 0.3 is 0 Å². The quantitative estimate of drug-likeness (QED) is 0.766. The van der Waals surface area contributed by atoms with Crippen LogP contribution in [0.25, 0.3) is 0 Å². The summed E-state index contributed by atoms with van der Waals surface area (Å²) in [6, 6.07) is 3.57. The second kappa shape index (κ2) is 6.74. The third-order valence-electron chi connectivity index (χ3n) is 3.78. The summed E-state index contributed by atoms with van der Waals surface area (Å²) in [5, 5.41) is 1.24. The van der Waals surface area contributed by atoms with Gasteiger partial charge in [-0.05, 0) is 50.4 Å². The Labute approximate surface area is 119 Å². The van der Waals surface area contributed by atoms with Crippen LogP contribution in [0.4, 0.5) is 0 Å². The van der Waals surface area contributed by atoms with Gasteiger partial charge in [0, 0.05) is 6.54 Å². The van der Waals surface area contributed by atoms with E-state index in [4.69, 9.17) is 23.2 Å². The highest BCUT2D eigenvalue weighted by molar-refractivity contribution is 6.32. The molecule has 2 rings (SSSR count). The molecule has 1 saturated heterocycles. The van der Waals surface area contributed by atoms with Crippen LogP contribution in [-0.4, -0.2) is 23.0 Å². The maximum atomic E-state index is 6.16. The lowest BCUT2D eigenvalue weighted by Crippen LogP contribution is -2.25. The van der Waals surface area contributed by atoms with E-state index in [9.17, 15) is 0 Å². The first kappa shape index (κ1) is 14.1. The number of hydrogen-bond acceptors (Lipinski definition) is 2. The second-order valence-corrected chi connectivity index (χ2v) is 5.84. The predicted molar refractivity (Wildman–Crippen MR) is 77.2 cm³/mol. The Balaban J connectivity index is 1.98. The summed E-state index contributed by atoms with van der Waals surface area (Å²) < 4.78 is 0. The first-order chi connectivity index (χ1) is 8.69. The van der Waals surface area contributed by atoms with Crippen LogP contribution >= 0.6 is 23.2 Å². The number of pyridine rings is 1. The summed E-state index contributed by atoms with van der Waals surface area (Å²) in [6.07, 6.45) is 5.21. The Bertz CT molecular complexity index is 395. The summed E-state index contributed by atoms with van der Waals surface area (Å²) >= 11 is 12.1. The molecule has 1 aliphatic heterocycles. The topological polar surface area (TPSA) is 16.1 Å². The molecule has 0 saturated carbocycles. The van der Waals surface area contributed by atoms with Crippen LogP contribution < -0.4 is 0 Å². The number of aromatic nitrogens is 1. The lowest BCUT2D eigenvalue weighted by atomic mass is 9.98. The molecule has 0 aliphatic carbocycles. The zero-order valence-electron chi connectivity index (χ0n) is 10.8. The standard InChI is InChI=1S/C14H20Cl2N2/c1-2-11-4-3-8-18(9-7-11)10-13-12(15)5-6-14(16)17-13/h5-6,11H,2-4,7-10H2,1H3. The van der Waals surface area contributed by atoms with Gasteiger partial charge in [0.25, 0.3) is 0 Å². The van der Waals surface area contributed by atoms with Crippen molar-refractivity contribution in [2.24, 2.45) is 5.92 Å². The molecular weight excluding hydrogens is 267 g/mol. The van der Waals surface area contributed by atoms with Gasteiger partial charge in [-0.1, -0.05) is 36.5 Å². The van der Waals surface area contributed by atoms with E-state index in [1.807, 2.05) is 6.07 Å². The predicted octanol–water partition coefficient (Wildman–Crippen LogP) is 4.40. The van der Waals surface area contributed by atoms with Crippen LogP contribution in [0.15, 0.2) is 12.1 Å². The van der Waals surface area contributed by atoms with E-state index in [1.165, 1.54) is 25.7 Å². The maximum Gasteiger partial charge on any atom is 0.129 e. The van der Waals surface area contributed by atoms with Crippen molar-refractivity contribution in [3.05, 3.63) is 28.0 Å². The molecule has 2 heterocycles. The molecule has 100 valence electrons. The Morgan fingerprint density at radius 2 is 2.11 bits per heavy atom. The third-order valence-corrected chi connectivity index (χ3v) is 4.33. The minimum atomic E-state index is 0.524. The normalized spacial score (nSPS) is 21.8. The van der Waals surface area contributed by atoms with E-state index in [0.29, 0.717) is 5.15 Å². The van der Waals surface area contributed by atoms with Crippen LogP contribution in [0.1, 0.15) is 38.3 Å². The van der Waals surface area contributed by atoms with Crippen molar-refractivity contribution in [1.82, 2.24) is 9.88 Å². The third kappa shape index (κ3) is 3.84. The van der Waals surface area contributed by atoms with Gasteiger partial charge in [-0.3, -0.25) is 4.90 Å². The average molecular weight is 287 g/mol. The second-order valence-electron chi connectivity index (χ2n) is 5.04. The van der Waals surface area contributed by atoms with Gasteiger partial charge < -0.3 is 0 Å². The lowest BCUT2D eigenvalue weighted by molar-refractivity contribution is 0.269. The first-order valence-corrected chi connectivity index (χ1v) is 7.48. The van der Waals surface area contributed by atoms with Crippen LogP contribution in [0.3, 0.4) is 0 Å². The highest BCUT2D eigenvalue weighted by Gasteiger charge is 2.17. The fourth-order valence-electron chi connectivity index (χ4n) is 2.57. The number of halogens is 2. The van der Waals surface area contributed by atoms with E-state index in [-0.39, 0.29) is 0 Å². The summed E-state index contributed by atoms with van der Waals surface area (Å²) in [4.78, 5) is 6.77. The maximum absolute atomic E-state index is 6.16. The minimum absolute atomic E-state index is 0.524. The molecule has 1 aliphatic rings. The number of rotatable bonds is 3. The van der Waals surface area contributed by atoms with Crippen LogP contribution in [-0.2, 0) is 6.54 Å². The van der Waals surface area contributed by atoms with E-state index >= 15 is 0 Å². The largest absolute Gasteiger partial charge is 0.297 e. The molecule has 4 heteroatoms. The molecule has 0 amide bonds. The fourth-order valence-corrected chi connectivity index (χ4v) is 2.90. The Morgan fingerprint density at radius 3 is 2.89 bits per heavy atom. The van der Waals surface area contributed by atoms with Crippen molar-refractivity contribution >= 4 is 23.2 Å². The molecular formula is C14H20Cl2N2. The molecule has 0 N–H and O–H groups in total. The first-order valence-electron chi connectivity index (χ1n) is 6.72. The fraction of sp³-hybridized carbons (Fsp3) is 0.643. The molecule has 1 aromatic heterocycles. The molecule has 1 fully saturated rings. The van der Waals surface area contributed by atoms with Gasteiger partial charge in [0.15, 0.2) is 0 Å². The monoisotopic (exact) mass is 286 g/mol.